The van der Waals surface area contributed by atoms with Crippen LogP contribution in [0.2, 0.25) is 0 Å². The maximum absolute atomic E-state index is 12.3. The summed E-state index contributed by atoms with van der Waals surface area (Å²) in [5.74, 6) is 0.890. The van der Waals surface area contributed by atoms with Crippen LogP contribution in [0, 0.1) is 11.8 Å². The predicted molar refractivity (Wildman–Crippen MR) is 80.2 cm³/mol. The van der Waals surface area contributed by atoms with Gasteiger partial charge in [-0.25, -0.2) is 0 Å². The van der Waals surface area contributed by atoms with Crippen molar-refractivity contribution in [1.82, 2.24) is 10.6 Å². The molecule has 2 aliphatic rings. The van der Waals surface area contributed by atoms with Gasteiger partial charge in [0.25, 0.3) is 5.91 Å². The number of nitrogens with one attached hydrogen (secondary N) is 2. The van der Waals surface area contributed by atoms with Crippen LogP contribution in [0.25, 0.3) is 0 Å². The number of hydrogen-bond acceptors (Lipinski definition) is 4. The van der Waals surface area contributed by atoms with Gasteiger partial charge in [0.15, 0.2) is 0 Å². The van der Waals surface area contributed by atoms with Crippen LogP contribution in [-0.4, -0.2) is 36.8 Å². The number of rotatable bonds is 3. The summed E-state index contributed by atoms with van der Waals surface area (Å²) in [5, 5.41) is 17.9. The van der Waals surface area contributed by atoms with E-state index in [0.717, 1.165) is 30.9 Å². The largest absolute Gasteiger partial charge is 0.391 e. The first kappa shape index (κ1) is 14.0. The van der Waals surface area contributed by atoms with Crippen LogP contribution in [0.4, 0.5) is 0 Å². The Hall–Kier alpha value is -0.910. The lowest BCUT2D eigenvalue weighted by molar-refractivity contribution is 0.0926. The number of fused-ring (bicyclic) bond motifs is 1. The molecule has 3 atom stereocenters. The topological polar surface area (TPSA) is 61.4 Å². The van der Waals surface area contributed by atoms with Gasteiger partial charge in [-0.05, 0) is 30.7 Å². The van der Waals surface area contributed by atoms with E-state index in [1.165, 1.54) is 16.9 Å². The molecule has 0 radical (unpaired) electrons. The van der Waals surface area contributed by atoms with Gasteiger partial charge in [-0.1, -0.05) is 6.92 Å². The molecular weight excluding hydrogens is 272 g/mol. The zero-order chi connectivity index (χ0) is 14.1. The van der Waals surface area contributed by atoms with E-state index in [1.54, 1.807) is 11.3 Å². The van der Waals surface area contributed by atoms with Gasteiger partial charge in [0.2, 0.25) is 0 Å². The first-order valence-electron chi connectivity index (χ1n) is 7.41. The Morgan fingerprint density at radius 3 is 3.15 bits per heavy atom. The Balaban J connectivity index is 1.63. The van der Waals surface area contributed by atoms with Gasteiger partial charge in [-0.2, -0.15) is 0 Å². The molecule has 0 bridgehead atoms. The maximum Gasteiger partial charge on any atom is 0.252 e. The van der Waals surface area contributed by atoms with Gasteiger partial charge in [-0.3, -0.25) is 4.79 Å². The molecule has 1 aromatic rings. The third kappa shape index (κ3) is 2.75. The molecule has 0 saturated carbocycles. The van der Waals surface area contributed by atoms with E-state index in [4.69, 9.17) is 0 Å². The fourth-order valence-electron chi connectivity index (χ4n) is 3.11. The number of amides is 1. The summed E-state index contributed by atoms with van der Waals surface area (Å²) >= 11 is 1.72. The summed E-state index contributed by atoms with van der Waals surface area (Å²) in [7, 11) is 0. The molecule has 3 N–H and O–H groups in total. The van der Waals surface area contributed by atoms with Crippen LogP contribution in [0.5, 0.6) is 0 Å². The lowest BCUT2D eigenvalue weighted by Gasteiger charge is -2.19. The molecule has 1 aliphatic carbocycles. The first-order valence-corrected chi connectivity index (χ1v) is 8.29. The van der Waals surface area contributed by atoms with Crippen LogP contribution < -0.4 is 10.6 Å². The normalized spacial score (nSPS) is 29.2. The highest BCUT2D eigenvalue weighted by Crippen LogP contribution is 2.32. The van der Waals surface area contributed by atoms with Gasteiger partial charge >= 0.3 is 0 Å². The van der Waals surface area contributed by atoms with Crippen molar-refractivity contribution in [1.29, 1.82) is 0 Å². The summed E-state index contributed by atoms with van der Waals surface area (Å²) in [6.45, 7) is 4.23. The smallest absolute Gasteiger partial charge is 0.252 e. The molecule has 1 aliphatic heterocycles. The third-order valence-electron chi connectivity index (χ3n) is 4.48. The van der Waals surface area contributed by atoms with Crippen LogP contribution in [0.1, 0.15) is 34.1 Å². The molecule has 5 heteroatoms. The van der Waals surface area contributed by atoms with E-state index < -0.39 is 0 Å². The van der Waals surface area contributed by atoms with Crippen molar-refractivity contribution in [2.75, 3.05) is 19.6 Å². The van der Waals surface area contributed by atoms with Crippen LogP contribution in [0.15, 0.2) is 5.38 Å². The molecule has 3 unspecified atom stereocenters. The van der Waals surface area contributed by atoms with E-state index in [9.17, 15) is 9.90 Å². The minimum Gasteiger partial charge on any atom is -0.391 e. The van der Waals surface area contributed by atoms with E-state index in [1.807, 2.05) is 5.38 Å². The number of thiophene rings is 1. The average molecular weight is 294 g/mol. The number of carbonyl (C=O) groups is 1. The Morgan fingerprint density at radius 2 is 2.40 bits per heavy atom. The minimum atomic E-state index is -0.340. The van der Waals surface area contributed by atoms with Gasteiger partial charge in [0.1, 0.15) is 0 Å². The standard InChI is InChI=1S/C15H22N2O2S/c1-9-2-3-11-12(8-20-14(11)4-9)15(19)17-6-10-5-16-7-13(10)18/h8-10,13,16,18H,2-7H2,1H3,(H,17,19). The second-order valence-corrected chi connectivity index (χ2v) is 7.06. The zero-order valence-corrected chi connectivity index (χ0v) is 12.6. The monoisotopic (exact) mass is 294 g/mol. The number of aliphatic hydroxyl groups excluding tert-OH is 1. The Morgan fingerprint density at radius 1 is 1.55 bits per heavy atom. The highest BCUT2D eigenvalue weighted by molar-refractivity contribution is 7.10. The summed E-state index contributed by atoms with van der Waals surface area (Å²) in [6, 6.07) is 0. The summed E-state index contributed by atoms with van der Waals surface area (Å²) in [5.41, 5.74) is 2.12. The Labute approximate surface area is 123 Å². The van der Waals surface area contributed by atoms with E-state index >= 15 is 0 Å². The summed E-state index contributed by atoms with van der Waals surface area (Å²) in [6.07, 6.45) is 2.97. The summed E-state index contributed by atoms with van der Waals surface area (Å²) in [4.78, 5) is 13.7. The molecule has 4 nitrogen and oxygen atoms in total. The van der Waals surface area contributed by atoms with Gasteiger partial charge in [-0.15, -0.1) is 11.3 Å². The molecule has 3 rings (SSSR count). The minimum absolute atomic E-state index is 0.0242. The van der Waals surface area contributed by atoms with Crippen molar-refractivity contribution in [3.8, 4) is 0 Å². The van der Waals surface area contributed by atoms with Crippen LogP contribution in [0.3, 0.4) is 0 Å². The molecule has 2 heterocycles. The van der Waals surface area contributed by atoms with E-state index in [0.29, 0.717) is 13.1 Å². The molecule has 1 amide bonds. The summed E-state index contributed by atoms with van der Waals surface area (Å²) < 4.78 is 0. The molecular formula is C15H22N2O2S. The first-order chi connectivity index (χ1) is 9.65. The van der Waals surface area contributed by atoms with Crippen molar-refractivity contribution < 1.29 is 9.90 Å². The number of carbonyl (C=O) groups excluding carboxylic acids is 1. The Kier molecular flexibility index (Phi) is 4.10. The van der Waals surface area contributed by atoms with Gasteiger partial charge in [0, 0.05) is 35.8 Å². The van der Waals surface area contributed by atoms with Gasteiger partial charge < -0.3 is 15.7 Å². The number of aliphatic hydroxyl groups is 1. The fourth-order valence-corrected chi connectivity index (χ4v) is 4.36. The van der Waals surface area contributed by atoms with Crippen LogP contribution in [-0.2, 0) is 12.8 Å². The maximum atomic E-state index is 12.3. The highest BCUT2D eigenvalue weighted by Gasteiger charge is 2.27. The molecule has 1 saturated heterocycles. The number of β-amino-alcohol motifs (C(OH)–C–C–N with tert-alkyl or cyclic N) is 1. The molecule has 1 fully saturated rings. The predicted octanol–water partition coefficient (Wildman–Crippen LogP) is 1.18. The van der Waals surface area contributed by atoms with E-state index in [2.05, 4.69) is 17.6 Å². The van der Waals surface area contributed by atoms with Crippen molar-refractivity contribution in [3.63, 3.8) is 0 Å². The van der Waals surface area contributed by atoms with Crippen molar-refractivity contribution in [3.05, 3.63) is 21.4 Å². The molecule has 1 aromatic heterocycles. The average Bonchev–Trinajstić information content (AvgIpc) is 3.02. The van der Waals surface area contributed by atoms with Crippen molar-refractivity contribution in [2.45, 2.75) is 32.3 Å². The van der Waals surface area contributed by atoms with Crippen LogP contribution >= 0.6 is 11.3 Å². The SMILES string of the molecule is CC1CCc2c(C(=O)NCC3CNCC3O)csc2C1. The third-order valence-corrected chi connectivity index (χ3v) is 5.53. The second-order valence-electron chi connectivity index (χ2n) is 6.09. The molecule has 0 spiro atoms. The van der Waals surface area contributed by atoms with Crippen molar-refractivity contribution in [2.24, 2.45) is 11.8 Å². The molecule has 0 aromatic carbocycles. The lowest BCUT2D eigenvalue weighted by Crippen LogP contribution is -2.34. The highest BCUT2D eigenvalue weighted by atomic mass is 32.1. The van der Waals surface area contributed by atoms with Crippen molar-refractivity contribution >= 4 is 17.2 Å². The second kappa shape index (κ2) is 5.84. The zero-order valence-electron chi connectivity index (χ0n) is 11.8. The molecule has 110 valence electrons. The lowest BCUT2D eigenvalue weighted by atomic mass is 9.88. The quantitative estimate of drug-likeness (QED) is 0.784. The fraction of sp³-hybridized carbons (Fsp3) is 0.667. The Bertz CT molecular complexity index is 500. The van der Waals surface area contributed by atoms with Gasteiger partial charge in [0.05, 0.1) is 11.7 Å². The molecule has 20 heavy (non-hydrogen) atoms. The van der Waals surface area contributed by atoms with E-state index in [-0.39, 0.29) is 17.9 Å². The number of hydrogen-bond donors (Lipinski definition) is 3.